The number of nitrogens with one attached hydrogen (secondary N) is 1. The van der Waals surface area contributed by atoms with Crippen LogP contribution in [-0.4, -0.2) is 22.0 Å². The lowest BCUT2D eigenvalue weighted by Crippen LogP contribution is -2.23. The lowest BCUT2D eigenvalue weighted by Gasteiger charge is -2.24. The van der Waals surface area contributed by atoms with Crippen molar-refractivity contribution >= 4 is 17.3 Å². The number of nitro groups is 1. The minimum Gasteiger partial charge on any atom is -0.478 e. The summed E-state index contributed by atoms with van der Waals surface area (Å²) in [6.07, 6.45) is 5.50. The Labute approximate surface area is 110 Å². The Morgan fingerprint density at radius 2 is 2.00 bits per heavy atom. The summed E-state index contributed by atoms with van der Waals surface area (Å²) in [5.74, 6) is -1.15. The second kappa shape index (κ2) is 5.69. The quantitative estimate of drug-likeness (QED) is 0.644. The highest BCUT2D eigenvalue weighted by Crippen LogP contribution is 2.26. The van der Waals surface area contributed by atoms with Crippen LogP contribution in [0.2, 0.25) is 0 Å². The van der Waals surface area contributed by atoms with Gasteiger partial charge in [-0.25, -0.2) is 4.79 Å². The highest BCUT2D eigenvalue weighted by Gasteiger charge is 2.19. The molecule has 102 valence electrons. The van der Waals surface area contributed by atoms with E-state index >= 15 is 0 Å². The number of non-ortho nitro benzene ring substituents is 1. The van der Waals surface area contributed by atoms with E-state index in [9.17, 15) is 14.9 Å². The summed E-state index contributed by atoms with van der Waals surface area (Å²) in [5, 5.41) is 23.0. The van der Waals surface area contributed by atoms with Crippen molar-refractivity contribution in [1.29, 1.82) is 0 Å². The molecule has 0 spiro atoms. The van der Waals surface area contributed by atoms with Crippen molar-refractivity contribution < 1.29 is 14.8 Å². The van der Waals surface area contributed by atoms with Gasteiger partial charge in [0.2, 0.25) is 0 Å². The number of anilines is 1. The number of aromatic carboxylic acids is 1. The Balaban J connectivity index is 2.23. The van der Waals surface area contributed by atoms with Gasteiger partial charge in [-0.1, -0.05) is 19.3 Å². The summed E-state index contributed by atoms with van der Waals surface area (Å²) >= 11 is 0. The summed E-state index contributed by atoms with van der Waals surface area (Å²) in [5.41, 5.74) is 0.219. The van der Waals surface area contributed by atoms with E-state index in [4.69, 9.17) is 5.11 Å². The highest BCUT2D eigenvalue weighted by molar-refractivity contribution is 5.95. The molecule has 0 atom stereocenters. The molecule has 2 N–H and O–H groups in total. The van der Waals surface area contributed by atoms with Gasteiger partial charge < -0.3 is 10.4 Å². The van der Waals surface area contributed by atoms with Crippen molar-refractivity contribution in [2.24, 2.45) is 0 Å². The Bertz CT molecular complexity index is 495. The first-order valence-electron chi connectivity index (χ1n) is 6.36. The molecule has 1 fully saturated rings. The van der Waals surface area contributed by atoms with Gasteiger partial charge in [0, 0.05) is 23.9 Å². The summed E-state index contributed by atoms with van der Waals surface area (Å²) in [6.45, 7) is 0. The minimum absolute atomic E-state index is 0.0419. The van der Waals surface area contributed by atoms with Crippen LogP contribution in [0.5, 0.6) is 0 Å². The zero-order valence-corrected chi connectivity index (χ0v) is 10.5. The van der Waals surface area contributed by atoms with Crippen LogP contribution in [0, 0.1) is 10.1 Å². The second-order valence-electron chi connectivity index (χ2n) is 4.77. The first-order chi connectivity index (χ1) is 9.08. The molecule has 1 aliphatic rings. The highest BCUT2D eigenvalue weighted by atomic mass is 16.6. The molecule has 0 unspecified atom stereocenters. The summed E-state index contributed by atoms with van der Waals surface area (Å²) in [6, 6.07) is 4.18. The molecule has 0 aromatic heterocycles. The number of carboxylic acids is 1. The molecular formula is C13H16N2O4. The standard InChI is InChI=1S/C13H16N2O4/c16-13(17)11-8-10(15(18)19)6-7-12(11)14-9-4-2-1-3-5-9/h6-9,14H,1-5H2,(H,16,17). The fourth-order valence-electron chi connectivity index (χ4n) is 2.42. The topological polar surface area (TPSA) is 92.5 Å². The Morgan fingerprint density at radius 1 is 1.32 bits per heavy atom. The Morgan fingerprint density at radius 3 is 2.58 bits per heavy atom. The number of nitrogens with zero attached hydrogens (tertiary/aromatic N) is 1. The van der Waals surface area contributed by atoms with E-state index < -0.39 is 10.9 Å². The van der Waals surface area contributed by atoms with Crippen LogP contribution in [0.25, 0.3) is 0 Å². The van der Waals surface area contributed by atoms with Gasteiger partial charge in [-0.3, -0.25) is 10.1 Å². The minimum atomic E-state index is -1.15. The molecule has 0 radical (unpaired) electrons. The Hall–Kier alpha value is -2.11. The van der Waals surface area contributed by atoms with Crippen LogP contribution in [0.1, 0.15) is 42.5 Å². The van der Waals surface area contributed by atoms with E-state index in [-0.39, 0.29) is 17.3 Å². The molecule has 6 heteroatoms. The largest absolute Gasteiger partial charge is 0.478 e. The molecule has 0 heterocycles. The number of hydrogen-bond donors (Lipinski definition) is 2. The number of benzene rings is 1. The molecule has 1 aromatic carbocycles. The SMILES string of the molecule is O=C(O)c1cc([N+](=O)[O-])ccc1NC1CCCCC1. The van der Waals surface area contributed by atoms with Crippen molar-refractivity contribution in [2.75, 3.05) is 5.32 Å². The third-order valence-electron chi connectivity index (χ3n) is 3.41. The van der Waals surface area contributed by atoms with Gasteiger partial charge in [0.15, 0.2) is 0 Å². The molecule has 0 aliphatic heterocycles. The average Bonchev–Trinajstić information content (AvgIpc) is 2.39. The molecule has 0 amide bonds. The van der Waals surface area contributed by atoms with Crippen LogP contribution < -0.4 is 5.32 Å². The van der Waals surface area contributed by atoms with Crippen LogP contribution in [0.15, 0.2) is 18.2 Å². The van der Waals surface area contributed by atoms with E-state index in [1.807, 2.05) is 0 Å². The van der Waals surface area contributed by atoms with Gasteiger partial charge in [-0.05, 0) is 18.9 Å². The molecule has 2 rings (SSSR count). The molecule has 19 heavy (non-hydrogen) atoms. The Kier molecular flexibility index (Phi) is 3.99. The first kappa shape index (κ1) is 13.3. The molecule has 6 nitrogen and oxygen atoms in total. The number of nitro benzene ring substituents is 1. The third-order valence-corrected chi connectivity index (χ3v) is 3.41. The monoisotopic (exact) mass is 264 g/mol. The molecule has 0 bridgehead atoms. The maximum absolute atomic E-state index is 11.2. The smallest absolute Gasteiger partial charge is 0.338 e. The summed E-state index contributed by atoms with van der Waals surface area (Å²) in [4.78, 5) is 21.3. The van der Waals surface area contributed by atoms with Gasteiger partial charge in [0.05, 0.1) is 10.5 Å². The van der Waals surface area contributed by atoms with Crippen LogP contribution in [0.3, 0.4) is 0 Å². The maximum atomic E-state index is 11.2. The normalized spacial score (nSPS) is 16.0. The lowest BCUT2D eigenvalue weighted by atomic mass is 9.95. The van der Waals surface area contributed by atoms with Crippen LogP contribution >= 0.6 is 0 Å². The van der Waals surface area contributed by atoms with E-state index in [0.717, 1.165) is 31.7 Å². The first-order valence-corrected chi connectivity index (χ1v) is 6.36. The fraction of sp³-hybridized carbons (Fsp3) is 0.462. The van der Waals surface area contributed by atoms with Crippen LogP contribution in [-0.2, 0) is 0 Å². The number of rotatable bonds is 4. The van der Waals surface area contributed by atoms with E-state index in [2.05, 4.69) is 5.32 Å². The molecule has 1 aromatic rings. The van der Waals surface area contributed by atoms with Gasteiger partial charge in [-0.15, -0.1) is 0 Å². The predicted molar refractivity (Wildman–Crippen MR) is 70.6 cm³/mol. The van der Waals surface area contributed by atoms with Crippen molar-refractivity contribution in [3.63, 3.8) is 0 Å². The molecule has 0 saturated heterocycles. The van der Waals surface area contributed by atoms with Crippen molar-refractivity contribution in [3.05, 3.63) is 33.9 Å². The van der Waals surface area contributed by atoms with Gasteiger partial charge in [0.1, 0.15) is 0 Å². The van der Waals surface area contributed by atoms with Crippen LogP contribution in [0.4, 0.5) is 11.4 Å². The van der Waals surface area contributed by atoms with Gasteiger partial charge in [0.25, 0.3) is 5.69 Å². The zero-order chi connectivity index (χ0) is 13.8. The van der Waals surface area contributed by atoms with E-state index in [0.29, 0.717) is 5.69 Å². The van der Waals surface area contributed by atoms with E-state index in [1.165, 1.54) is 18.6 Å². The zero-order valence-electron chi connectivity index (χ0n) is 10.5. The predicted octanol–water partition coefficient (Wildman–Crippen LogP) is 3.04. The molecular weight excluding hydrogens is 248 g/mol. The average molecular weight is 264 g/mol. The molecule has 1 aliphatic carbocycles. The van der Waals surface area contributed by atoms with Crippen molar-refractivity contribution in [2.45, 2.75) is 38.1 Å². The lowest BCUT2D eigenvalue weighted by molar-refractivity contribution is -0.384. The molecule has 1 saturated carbocycles. The summed E-state index contributed by atoms with van der Waals surface area (Å²) < 4.78 is 0. The van der Waals surface area contributed by atoms with Crippen molar-refractivity contribution in [3.8, 4) is 0 Å². The number of carboxylic acid groups (broad SMARTS) is 1. The van der Waals surface area contributed by atoms with Gasteiger partial charge >= 0.3 is 5.97 Å². The van der Waals surface area contributed by atoms with Crippen molar-refractivity contribution in [1.82, 2.24) is 0 Å². The maximum Gasteiger partial charge on any atom is 0.338 e. The number of carbonyl (C=O) groups is 1. The van der Waals surface area contributed by atoms with E-state index in [1.54, 1.807) is 0 Å². The van der Waals surface area contributed by atoms with Gasteiger partial charge in [-0.2, -0.15) is 0 Å². The number of hydrogen-bond acceptors (Lipinski definition) is 4. The third kappa shape index (κ3) is 3.21. The second-order valence-corrected chi connectivity index (χ2v) is 4.77. The fourth-order valence-corrected chi connectivity index (χ4v) is 2.42. The summed E-state index contributed by atoms with van der Waals surface area (Å²) in [7, 11) is 0.